The molecule has 0 saturated heterocycles. The van der Waals surface area contributed by atoms with E-state index in [1.165, 1.54) is 22.6 Å². The Morgan fingerprint density at radius 3 is 2.80 bits per heavy atom. The molecule has 3 nitrogen and oxygen atoms in total. The molecule has 2 atom stereocenters. The van der Waals surface area contributed by atoms with Gasteiger partial charge in [0.2, 0.25) is 5.91 Å². The molecular weight excluding hydrogens is 268 g/mol. The second-order valence-electron chi connectivity index (χ2n) is 6.80. The minimum absolute atomic E-state index is 0.0708. The number of thiazole rings is 1. The predicted molar refractivity (Wildman–Crippen MR) is 83.0 cm³/mol. The largest absolute Gasteiger partial charge is 0.302 e. The van der Waals surface area contributed by atoms with E-state index < -0.39 is 0 Å². The molecule has 20 heavy (non-hydrogen) atoms. The molecule has 1 amide bonds. The lowest BCUT2D eigenvalue weighted by Crippen LogP contribution is -2.16. The maximum absolute atomic E-state index is 12.4. The van der Waals surface area contributed by atoms with Crippen molar-refractivity contribution in [2.45, 2.75) is 47.0 Å². The monoisotopic (exact) mass is 290 g/mol. The standard InChI is InChI=1S/C16H22N2OS/c1-9(2)8-10-13(16(10,3)4)14(19)18-15-17-11-6-5-7-12(11)20-15/h8,10,13H,5-7H2,1-4H3,(H,17,18,19)/t10-,13-/m1/s1. The van der Waals surface area contributed by atoms with E-state index in [0.29, 0.717) is 5.92 Å². The van der Waals surface area contributed by atoms with Gasteiger partial charge in [-0.2, -0.15) is 0 Å². The minimum atomic E-state index is 0.0708. The Hall–Kier alpha value is -1.16. The van der Waals surface area contributed by atoms with Crippen LogP contribution in [-0.2, 0) is 17.6 Å². The van der Waals surface area contributed by atoms with Gasteiger partial charge in [0.25, 0.3) is 0 Å². The van der Waals surface area contributed by atoms with Gasteiger partial charge >= 0.3 is 0 Å². The Morgan fingerprint density at radius 1 is 1.40 bits per heavy atom. The molecule has 3 rings (SSSR count). The van der Waals surface area contributed by atoms with Crippen molar-refractivity contribution in [2.24, 2.45) is 17.3 Å². The summed E-state index contributed by atoms with van der Waals surface area (Å²) in [6, 6.07) is 0. The molecule has 0 aromatic carbocycles. The molecule has 1 aromatic heterocycles. The molecule has 1 saturated carbocycles. The Bertz CT molecular complexity index is 560. The van der Waals surface area contributed by atoms with E-state index in [4.69, 9.17) is 0 Å². The molecule has 0 radical (unpaired) electrons. The van der Waals surface area contributed by atoms with Gasteiger partial charge in [-0.15, -0.1) is 11.3 Å². The van der Waals surface area contributed by atoms with Gasteiger partial charge in [0.1, 0.15) is 0 Å². The first-order chi connectivity index (χ1) is 9.39. The fourth-order valence-corrected chi connectivity index (χ4v) is 4.33. The normalized spacial score (nSPS) is 26.0. The SMILES string of the molecule is CC(C)=C[C@@H]1[C@H](C(=O)Nc2nc3c(s2)CCC3)C1(C)C. The van der Waals surface area contributed by atoms with Crippen LogP contribution in [-0.4, -0.2) is 10.9 Å². The zero-order valence-corrected chi connectivity index (χ0v) is 13.4. The molecule has 2 aliphatic carbocycles. The van der Waals surface area contributed by atoms with Gasteiger partial charge in [-0.05, 0) is 44.4 Å². The molecule has 1 N–H and O–H groups in total. The van der Waals surface area contributed by atoms with Crippen molar-refractivity contribution >= 4 is 22.4 Å². The van der Waals surface area contributed by atoms with E-state index in [2.05, 4.69) is 44.1 Å². The van der Waals surface area contributed by atoms with Gasteiger partial charge in [-0.1, -0.05) is 25.5 Å². The number of carbonyl (C=O) groups is 1. The van der Waals surface area contributed by atoms with Crippen LogP contribution in [0.5, 0.6) is 0 Å². The molecule has 4 heteroatoms. The lowest BCUT2D eigenvalue weighted by Gasteiger charge is -2.02. The average Bonchev–Trinajstić information content (AvgIpc) is 2.69. The van der Waals surface area contributed by atoms with Crippen LogP contribution < -0.4 is 5.32 Å². The van der Waals surface area contributed by atoms with Gasteiger partial charge in [0.05, 0.1) is 11.6 Å². The molecule has 1 heterocycles. The van der Waals surface area contributed by atoms with Crippen LogP contribution >= 0.6 is 11.3 Å². The van der Waals surface area contributed by atoms with Gasteiger partial charge in [0, 0.05) is 4.88 Å². The first-order valence-corrected chi connectivity index (χ1v) is 8.15. The molecule has 108 valence electrons. The third-order valence-corrected chi connectivity index (χ3v) is 5.60. The number of aromatic nitrogens is 1. The van der Waals surface area contributed by atoms with Crippen LogP contribution in [0.3, 0.4) is 0 Å². The van der Waals surface area contributed by atoms with Gasteiger partial charge < -0.3 is 5.32 Å². The molecule has 0 unspecified atom stereocenters. The number of rotatable bonds is 3. The van der Waals surface area contributed by atoms with E-state index in [-0.39, 0.29) is 17.2 Å². The van der Waals surface area contributed by atoms with Crippen LogP contribution in [0.25, 0.3) is 0 Å². The molecule has 2 aliphatic rings. The van der Waals surface area contributed by atoms with Crippen molar-refractivity contribution in [1.29, 1.82) is 0 Å². The Labute approximate surface area is 124 Å². The number of nitrogens with zero attached hydrogens (tertiary/aromatic N) is 1. The Balaban J connectivity index is 1.69. The molecule has 1 aromatic rings. The summed E-state index contributed by atoms with van der Waals surface area (Å²) in [7, 11) is 0. The second-order valence-corrected chi connectivity index (χ2v) is 7.88. The molecular formula is C16H22N2OS. The van der Waals surface area contributed by atoms with Crippen molar-refractivity contribution in [3.63, 3.8) is 0 Å². The number of hydrogen-bond donors (Lipinski definition) is 1. The van der Waals surface area contributed by atoms with Crippen molar-refractivity contribution in [3.05, 3.63) is 22.2 Å². The van der Waals surface area contributed by atoms with Gasteiger partial charge in [-0.25, -0.2) is 4.98 Å². The average molecular weight is 290 g/mol. The van der Waals surface area contributed by atoms with Gasteiger partial charge in [0.15, 0.2) is 5.13 Å². The zero-order valence-electron chi connectivity index (χ0n) is 12.6. The van der Waals surface area contributed by atoms with E-state index >= 15 is 0 Å². The van der Waals surface area contributed by atoms with Crippen LogP contribution in [0.4, 0.5) is 5.13 Å². The number of amides is 1. The summed E-state index contributed by atoms with van der Waals surface area (Å²) < 4.78 is 0. The van der Waals surface area contributed by atoms with Crippen LogP contribution in [0.2, 0.25) is 0 Å². The first kappa shape index (κ1) is 13.8. The highest BCUT2D eigenvalue weighted by molar-refractivity contribution is 7.15. The van der Waals surface area contributed by atoms with Crippen LogP contribution in [0.1, 0.15) is 44.7 Å². The zero-order chi connectivity index (χ0) is 14.5. The molecule has 0 bridgehead atoms. The topological polar surface area (TPSA) is 42.0 Å². The Kier molecular flexibility index (Phi) is 3.24. The van der Waals surface area contributed by atoms with Crippen molar-refractivity contribution in [3.8, 4) is 0 Å². The van der Waals surface area contributed by atoms with Gasteiger partial charge in [-0.3, -0.25) is 4.79 Å². The Morgan fingerprint density at radius 2 is 2.15 bits per heavy atom. The fraction of sp³-hybridized carbons (Fsp3) is 0.625. The second kappa shape index (κ2) is 4.69. The summed E-state index contributed by atoms with van der Waals surface area (Å²) in [5.41, 5.74) is 2.55. The molecule has 0 spiro atoms. The highest BCUT2D eigenvalue weighted by Gasteiger charge is 2.60. The number of fused-ring (bicyclic) bond motifs is 1. The highest BCUT2D eigenvalue weighted by Crippen LogP contribution is 2.59. The molecule has 1 fully saturated rings. The number of nitrogens with one attached hydrogen (secondary N) is 1. The molecule has 0 aliphatic heterocycles. The van der Waals surface area contributed by atoms with Crippen molar-refractivity contribution < 1.29 is 4.79 Å². The number of hydrogen-bond acceptors (Lipinski definition) is 3. The lowest BCUT2D eigenvalue weighted by atomic mass is 10.1. The highest BCUT2D eigenvalue weighted by atomic mass is 32.1. The van der Waals surface area contributed by atoms with E-state index in [1.807, 2.05) is 0 Å². The summed E-state index contributed by atoms with van der Waals surface area (Å²) in [5.74, 6) is 0.570. The fourth-order valence-electron chi connectivity index (χ4n) is 3.28. The lowest BCUT2D eigenvalue weighted by molar-refractivity contribution is -0.118. The smallest absolute Gasteiger partial charge is 0.230 e. The maximum atomic E-state index is 12.4. The third kappa shape index (κ3) is 2.30. The first-order valence-electron chi connectivity index (χ1n) is 7.34. The van der Waals surface area contributed by atoms with Crippen LogP contribution in [0.15, 0.2) is 11.6 Å². The van der Waals surface area contributed by atoms with Crippen molar-refractivity contribution in [1.82, 2.24) is 4.98 Å². The van der Waals surface area contributed by atoms with Crippen LogP contribution in [0, 0.1) is 17.3 Å². The maximum Gasteiger partial charge on any atom is 0.230 e. The minimum Gasteiger partial charge on any atom is -0.302 e. The van der Waals surface area contributed by atoms with E-state index in [9.17, 15) is 4.79 Å². The summed E-state index contributed by atoms with van der Waals surface area (Å²) in [4.78, 5) is 18.3. The summed E-state index contributed by atoms with van der Waals surface area (Å²) >= 11 is 1.65. The number of aryl methyl sites for hydroxylation is 2. The summed E-state index contributed by atoms with van der Waals surface area (Å²) in [5, 5.41) is 3.82. The predicted octanol–water partition coefficient (Wildman–Crippen LogP) is 3.81. The number of allylic oxidation sites excluding steroid dienone is 2. The third-order valence-electron chi connectivity index (χ3n) is 4.53. The number of anilines is 1. The van der Waals surface area contributed by atoms with E-state index in [0.717, 1.165) is 18.0 Å². The summed E-state index contributed by atoms with van der Waals surface area (Å²) in [6.07, 6.45) is 5.63. The van der Waals surface area contributed by atoms with Crippen molar-refractivity contribution in [2.75, 3.05) is 5.32 Å². The summed E-state index contributed by atoms with van der Waals surface area (Å²) in [6.45, 7) is 8.52. The number of carbonyl (C=O) groups excluding carboxylic acids is 1. The quantitative estimate of drug-likeness (QED) is 0.860. The van der Waals surface area contributed by atoms with E-state index in [1.54, 1.807) is 11.3 Å².